The van der Waals surface area contributed by atoms with Gasteiger partial charge in [0, 0.05) is 32.9 Å². The first-order valence-corrected chi connectivity index (χ1v) is 9.29. The summed E-state index contributed by atoms with van der Waals surface area (Å²) in [6.07, 6.45) is 3.04. The van der Waals surface area contributed by atoms with Crippen LogP contribution in [-0.2, 0) is 9.47 Å². The number of nitrogens with one attached hydrogen (secondary N) is 2. The summed E-state index contributed by atoms with van der Waals surface area (Å²) in [7, 11) is 0. The Bertz CT molecular complexity index is 578. The van der Waals surface area contributed by atoms with Gasteiger partial charge in [0.2, 0.25) is 0 Å². The van der Waals surface area contributed by atoms with Crippen molar-refractivity contribution in [3.05, 3.63) is 35.4 Å². The van der Waals surface area contributed by atoms with E-state index in [1.165, 1.54) is 6.07 Å². The summed E-state index contributed by atoms with van der Waals surface area (Å²) in [5.41, 5.74) is 0.664. The van der Waals surface area contributed by atoms with Crippen molar-refractivity contribution in [3.63, 3.8) is 0 Å². The van der Waals surface area contributed by atoms with Gasteiger partial charge in [-0.15, -0.1) is 0 Å². The van der Waals surface area contributed by atoms with Crippen LogP contribution >= 0.6 is 0 Å². The molecule has 1 saturated heterocycles. The van der Waals surface area contributed by atoms with E-state index < -0.39 is 11.6 Å². The van der Waals surface area contributed by atoms with E-state index in [0.717, 1.165) is 45.1 Å². The molecule has 1 unspecified atom stereocenters. The van der Waals surface area contributed by atoms with E-state index in [9.17, 15) is 8.78 Å². The second-order valence-corrected chi connectivity index (χ2v) is 6.34. The van der Waals surface area contributed by atoms with E-state index in [1.807, 2.05) is 13.8 Å². The third-order valence-corrected chi connectivity index (χ3v) is 4.24. The molecule has 146 valence electrons. The average Bonchev–Trinajstić information content (AvgIpc) is 2.64. The quantitative estimate of drug-likeness (QED) is 0.420. The summed E-state index contributed by atoms with van der Waals surface area (Å²) in [5, 5.41) is 6.38. The Labute approximate surface area is 154 Å². The number of guanidine groups is 1. The predicted octanol–water partition coefficient (Wildman–Crippen LogP) is 3.17. The minimum absolute atomic E-state index is 0.193. The maximum absolute atomic E-state index is 13.4. The van der Waals surface area contributed by atoms with Gasteiger partial charge in [0.25, 0.3) is 0 Å². The van der Waals surface area contributed by atoms with Gasteiger partial charge in [-0.3, -0.25) is 4.99 Å². The summed E-state index contributed by atoms with van der Waals surface area (Å²) in [4.78, 5) is 4.52. The molecule has 1 aromatic carbocycles. The summed E-state index contributed by atoms with van der Waals surface area (Å²) in [5.74, 6) is -1.04. The van der Waals surface area contributed by atoms with Gasteiger partial charge in [0.05, 0.1) is 12.1 Å². The molecule has 7 heteroatoms. The molecule has 0 aromatic heterocycles. The zero-order chi connectivity index (χ0) is 18.8. The molecule has 26 heavy (non-hydrogen) atoms. The zero-order valence-electron chi connectivity index (χ0n) is 15.6. The van der Waals surface area contributed by atoms with Crippen LogP contribution in [0.5, 0.6) is 0 Å². The Morgan fingerprint density at radius 2 is 2.08 bits per heavy atom. The average molecular weight is 369 g/mol. The number of hydrogen-bond donors (Lipinski definition) is 2. The third kappa shape index (κ3) is 6.88. The Morgan fingerprint density at radius 1 is 1.31 bits per heavy atom. The highest BCUT2D eigenvalue weighted by Gasteiger charge is 2.13. The van der Waals surface area contributed by atoms with Gasteiger partial charge in [-0.1, -0.05) is 6.07 Å². The monoisotopic (exact) mass is 369 g/mol. The molecule has 5 nitrogen and oxygen atoms in total. The Morgan fingerprint density at radius 3 is 2.77 bits per heavy atom. The molecule has 1 aliphatic heterocycles. The first-order valence-electron chi connectivity index (χ1n) is 9.29. The van der Waals surface area contributed by atoms with E-state index in [-0.39, 0.29) is 6.04 Å². The normalized spacial score (nSPS) is 17.2. The van der Waals surface area contributed by atoms with Crippen LogP contribution in [-0.4, -0.2) is 45.0 Å². The lowest BCUT2D eigenvalue weighted by Gasteiger charge is -2.22. The van der Waals surface area contributed by atoms with Crippen LogP contribution in [0.2, 0.25) is 0 Å². The summed E-state index contributed by atoms with van der Waals surface area (Å²) >= 11 is 0. The van der Waals surface area contributed by atoms with Gasteiger partial charge >= 0.3 is 0 Å². The first-order chi connectivity index (χ1) is 12.6. The first kappa shape index (κ1) is 20.6. The maximum atomic E-state index is 13.4. The number of halogens is 2. The molecular formula is C19H29F2N3O2. The summed E-state index contributed by atoms with van der Waals surface area (Å²) in [6.45, 7) is 7.43. The van der Waals surface area contributed by atoms with Crippen LogP contribution in [0.15, 0.2) is 23.2 Å². The van der Waals surface area contributed by atoms with Crippen molar-refractivity contribution in [1.29, 1.82) is 0 Å². The van der Waals surface area contributed by atoms with Crippen LogP contribution in [0.25, 0.3) is 0 Å². The smallest absolute Gasteiger partial charge is 0.191 e. The minimum atomic E-state index is -0.844. The molecule has 0 saturated carbocycles. The molecule has 0 radical (unpaired) electrons. The van der Waals surface area contributed by atoms with E-state index >= 15 is 0 Å². The molecule has 2 N–H and O–H groups in total. The highest BCUT2D eigenvalue weighted by atomic mass is 19.2. The second kappa shape index (κ2) is 11.1. The molecule has 0 bridgehead atoms. The highest BCUT2D eigenvalue weighted by molar-refractivity contribution is 5.80. The number of rotatable bonds is 8. The SMILES string of the molecule is CCNC(=NCCCOC1CCOCC1)NC(C)c1ccc(F)c(F)c1. The number of benzene rings is 1. The number of ether oxygens (including phenoxy) is 2. The molecule has 0 spiro atoms. The number of hydrogen-bond acceptors (Lipinski definition) is 3. The lowest BCUT2D eigenvalue weighted by atomic mass is 10.1. The molecule has 2 rings (SSSR count). The lowest BCUT2D eigenvalue weighted by Crippen LogP contribution is -2.38. The van der Waals surface area contributed by atoms with Crippen molar-refractivity contribution < 1.29 is 18.3 Å². The zero-order valence-corrected chi connectivity index (χ0v) is 15.6. The summed E-state index contributed by atoms with van der Waals surface area (Å²) in [6, 6.07) is 3.72. The van der Waals surface area contributed by atoms with Gasteiger partial charge in [0.15, 0.2) is 17.6 Å². The summed E-state index contributed by atoms with van der Waals surface area (Å²) < 4.78 is 37.6. The van der Waals surface area contributed by atoms with E-state index in [4.69, 9.17) is 9.47 Å². The topological polar surface area (TPSA) is 54.9 Å². The van der Waals surface area contributed by atoms with E-state index in [1.54, 1.807) is 6.07 Å². The van der Waals surface area contributed by atoms with Gasteiger partial charge in [0.1, 0.15) is 0 Å². The minimum Gasteiger partial charge on any atom is -0.381 e. The molecule has 0 aliphatic carbocycles. The van der Waals surface area contributed by atoms with Gasteiger partial charge in [-0.2, -0.15) is 0 Å². The number of nitrogens with zero attached hydrogens (tertiary/aromatic N) is 1. The van der Waals surface area contributed by atoms with Crippen LogP contribution in [0.1, 0.15) is 44.7 Å². The van der Waals surface area contributed by atoms with Crippen molar-refractivity contribution in [1.82, 2.24) is 10.6 Å². The fourth-order valence-corrected chi connectivity index (χ4v) is 2.74. The van der Waals surface area contributed by atoms with Gasteiger partial charge in [-0.05, 0) is 50.8 Å². The molecule has 1 atom stereocenters. The predicted molar refractivity (Wildman–Crippen MR) is 98.3 cm³/mol. The molecule has 0 amide bonds. The highest BCUT2D eigenvalue weighted by Crippen LogP contribution is 2.16. The van der Waals surface area contributed by atoms with Crippen molar-refractivity contribution in [2.75, 3.05) is 32.9 Å². The fraction of sp³-hybridized carbons (Fsp3) is 0.632. The van der Waals surface area contributed by atoms with Gasteiger partial charge in [-0.25, -0.2) is 8.78 Å². The second-order valence-electron chi connectivity index (χ2n) is 6.34. The lowest BCUT2D eigenvalue weighted by molar-refractivity contribution is -0.0318. The standard InChI is InChI=1S/C19H29F2N3O2/c1-3-22-19(23-9-4-10-26-16-7-11-25-12-8-16)24-14(2)15-5-6-17(20)18(21)13-15/h5-6,13-14,16H,3-4,7-12H2,1-2H3,(H2,22,23,24). The van der Waals surface area contributed by atoms with Crippen molar-refractivity contribution in [2.45, 2.75) is 45.3 Å². The fourth-order valence-electron chi connectivity index (χ4n) is 2.74. The molecule has 1 aliphatic rings. The Balaban J connectivity index is 1.78. The molecular weight excluding hydrogens is 340 g/mol. The molecule has 1 fully saturated rings. The largest absolute Gasteiger partial charge is 0.381 e. The van der Waals surface area contributed by atoms with Crippen LogP contribution in [0.4, 0.5) is 8.78 Å². The van der Waals surface area contributed by atoms with Crippen LogP contribution in [0.3, 0.4) is 0 Å². The van der Waals surface area contributed by atoms with Crippen molar-refractivity contribution >= 4 is 5.96 Å². The van der Waals surface area contributed by atoms with Crippen molar-refractivity contribution in [3.8, 4) is 0 Å². The van der Waals surface area contributed by atoms with E-state index in [0.29, 0.717) is 30.8 Å². The number of aliphatic imine (C=N–C) groups is 1. The maximum Gasteiger partial charge on any atom is 0.191 e. The Kier molecular flexibility index (Phi) is 8.77. The third-order valence-electron chi connectivity index (χ3n) is 4.24. The molecule has 1 aromatic rings. The van der Waals surface area contributed by atoms with Crippen LogP contribution < -0.4 is 10.6 Å². The van der Waals surface area contributed by atoms with Crippen molar-refractivity contribution in [2.24, 2.45) is 4.99 Å². The van der Waals surface area contributed by atoms with E-state index in [2.05, 4.69) is 15.6 Å². The van der Waals surface area contributed by atoms with Gasteiger partial charge < -0.3 is 20.1 Å². The Hall–Kier alpha value is -1.73. The van der Waals surface area contributed by atoms with Crippen LogP contribution in [0, 0.1) is 11.6 Å². The molecule has 1 heterocycles.